The Morgan fingerprint density at radius 2 is 1.65 bits per heavy atom. The van der Waals surface area contributed by atoms with E-state index in [2.05, 4.69) is 10.6 Å². The molecule has 0 aliphatic rings. The summed E-state index contributed by atoms with van der Waals surface area (Å²) in [6, 6.07) is 12.0. The molecule has 0 fully saturated rings. The number of amides is 2. The first kappa shape index (κ1) is 20.1. The average Bonchev–Trinajstić information content (AvgIpc) is 2.60. The lowest BCUT2D eigenvalue weighted by Crippen LogP contribution is -2.37. The van der Waals surface area contributed by atoms with Crippen LogP contribution in [0.25, 0.3) is 0 Å². The molecule has 0 spiro atoms. The molecule has 0 aliphatic carbocycles. The van der Waals surface area contributed by atoms with Gasteiger partial charge in [-0.25, -0.2) is 0 Å². The third-order valence-corrected chi connectivity index (χ3v) is 3.93. The van der Waals surface area contributed by atoms with Crippen LogP contribution in [0.2, 0.25) is 10.0 Å². The molecule has 0 unspecified atom stereocenters. The van der Waals surface area contributed by atoms with Crippen LogP contribution in [-0.4, -0.2) is 31.5 Å². The van der Waals surface area contributed by atoms with E-state index in [9.17, 15) is 9.59 Å². The molecular formula is C19H20Cl2N2O3. The lowest BCUT2D eigenvalue weighted by Gasteiger charge is -2.08. The number of nitrogens with one attached hydrogen (secondary N) is 2. The lowest BCUT2D eigenvalue weighted by atomic mass is 10.1. The molecule has 0 saturated heterocycles. The number of rotatable bonds is 8. The van der Waals surface area contributed by atoms with E-state index in [0.29, 0.717) is 40.9 Å². The molecule has 2 aromatic rings. The third kappa shape index (κ3) is 6.58. The molecule has 0 saturated carbocycles. The van der Waals surface area contributed by atoms with Crippen molar-refractivity contribution in [2.24, 2.45) is 0 Å². The van der Waals surface area contributed by atoms with E-state index in [1.807, 2.05) is 6.92 Å². The first-order valence-electron chi connectivity index (χ1n) is 8.20. The van der Waals surface area contributed by atoms with Crippen molar-refractivity contribution >= 4 is 35.0 Å². The van der Waals surface area contributed by atoms with E-state index in [0.717, 1.165) is 5.56 Å². The normalized spacial score (nSPS) is 10.3. The number of halogens is 2. The molecule has 0 atom stereocenters. The van der Waals surface area contributed by atoms with E-state index in [1.54, 1.807) is 42.5 Å². The van der Waals surface area contributed by atoms with Gasteiger partial charge < -0.3 is 15.4 Å². The minimum Gasteiger partial charge on any atom is -0.494 e. The molecule has 0 aromatic heterocycles. The zero-order chi connectivity index (χ0) is 18.9. The van der Waals surface area contributed by atoms with Gasteiger partial charge in [-0.05, 0) is 61.4 Å². The Morgan fingerprint density at radius 1 is 1.00 bits per heavy atom. The largest absolute Gasteiger partial charge is 0.494 e. The predicted octanol–water partition coefficient (Wildman–Crippen LogP) is 3.48. The van der Waals surface area contributed by atoms with Crippen LogP contribution in [0.4, 0.5) is 0 Å². The fraction of sp³-hybridized carbons (Fsp3) is 0.263. The Morgan fingerprint density at radius 3 is 2.27 bits per heavy atom. The molecule has 0 heterocycles. The molecule has 26 heavy (non-hydrogen) atoms. The summed E-state index contributed by atoms with van der Waals surface area (Å²) in [6.45, 7) is 2.78. The van der Waals surface area contributed by atoms with Gasteiger partial charge in [-0.2, -0.15) is 0 Å². The first-order valence-corrected chi connectivity index (χ1v) is 8.96. The maximum Gasteiger partial charge on any atom is 0.251 e. The fourth-order valence-corrected chi connectivity index (χ4v) is 2.87. The number of ether oxygens (including phenoxy) is 1. The first-order chi connectivity index (χ1) is 12.5. The molecular weight excluding hydrogens is 375 g/mol. The molecule has 2 aromatic carbocycles. The van der Waals surface area contributed by atoms with Gasteiger partial charge in [0.1, 0.15) is 5.75 Å². The average molecular weight is 395 g/mol. The van der Waals surface area contributed by atoms with Gasteiger partial charge in [0.15, 0.2) is 0 Å². The summed E-state index contributed by atoms with van der Waals surface area (Å²) in [5.74, 6) is 0.116. The van der Waals surface area contributed by atoms with Crippen LogP contribution in [0.15, 0.2) is 42.5 Å². The molecule has 2 rings (SSSR count). The highest BCUT2D eigenvalue weighted by molar-refractivity contribution is 6.34. The molecule has 7 heteroatoms. The van der Waals surface area contributed by atoms with Crippen molar-refractivity contribution in [2.75, 3.05) is 19.7 Å². The van der Waals surface area contributed by atoms with Gasteiger partial charge in [-0.15, -0.1) is 0 Å². The van der Waals surface area contributed by atoms with Crippen molar-refractivity contribution in [3.63, 3.8) is 0 Å². The molecule has 138 valence electrons. The van der Waals surface area contributed by atoms with Gasteiger partial charge in [0.2, 0.25) is 5.91 Å². The summed E-state index contributed by atoms with van der Waals surface area (Å²) in [4.78, 5) is 23.9. The zero-order valence-electron chi connectivity index (χ0n) is 14.4. The number of benzene rings is 2. The quantitative estimate of drug-likeness (QED) is 0.719. The van der Waals surface area contributed by atoms with Crippen molar-refractivity contribution in [3.8, 4) is 5.75 Å². The summed E-state index contributed by atoms with van der Waals surface area (Å²) in [7, 11) is 0. The Bertz CT molecular complexity index is 744. The summed E-state index contributed by atoms with van der Waals surface area (Å²) in [6.07, 6.45) is 0.596. The second kappa shape index (κ2) is 10.0. The molecule has 2 amide bonds. The van der Waals surface area contributed by atoms with Crippen LogP contribution in [0.3, 0.4) is 0 Å². The monoisotopic (exact) mass is 394 g/mol. The Kier molecular flexibility index (Phi) is 7.75. The van der Waals surface area contributed by atoms with Crippen LogP contribution < -0.4 is 15.4 Å². The van der Waals surface area contributed by atoms with Crippen LogP contribution in [0.5, 0.6) is 5.75 Å². The standard InChI is InChI=1S/C19H20Cl2N2O3/c1-2-26-17-5-3-14(4-6-17)19(25)23-12-18(24)22-8-7-13-9-15(20)11-16(21)10-13/h3-6,9-11H,2,7-8,12H2,1H3,(H,22,24)(H,23,25). The molecule has 0 radical (unpaired) electrons. The van der Waals surface area contributed by atoms with Gasteiger partial charge in [-0.3, -0.25) is 9.59 Å². The topological polar surface area (TPSA) is 67.4 Å². The Labute approximate surface area is 162 Å². The second-order valence-electron chi connectivity index (χ2n) is 5.52. The minimum absolute atomic E-state index is 0.0949. The fourth-order valence-electron chi connectivity index (χ4n) is 2.30. The molecule has 2 N–H and O–H groups in total. The number of hydrogen-bond donors (Lipinski definition) is 2. The van der Waals surface area contributed by atoms with Crippen LogP contribution in [0, 0.1) is 0 Å². The predicted molar refractivity (Wildman–Crippen MR) is 103 cm³/mol. The smallest absolute Gasteiger partial charge is 0.251 e. The van der Waals surface area contributed by atoms with Crippen LogP contribution in [0.1, 0.15) is 22.8 Å². The third-order valence-electron chi connectivity index (χ3n) is 3.50. The van der Waals surface area contributed by atoms with Crippen molar-refractivity contribution in [2.45, 2.75) is 13.3 Å². The zero-order valence-corrected chi connectivity index (χ0v) is 15.9. The van der Waals surface area contributed by atoms with Gasteiger partial charge >= 0.3 is 0 Å². The Hall–Kier alpha value is -2.24. The highest BCUT2D eigenvalue weighted by Gasteiger charge is 2.08. The van der Waals surface area contributed by atoms with Gasteiger partial charge in [0, 0.05) is 22.2 Å². The Balaban J connectivity index is 1.73. The van der Waals surface area contributed by atoms with Crippen molar-refractivity contribution in [1.82, 2.24) is 10.6 Å². The van der Waals surface area contributed by atoms with Gasteiger partial charge in [0.05, 0.1) is 13.2 Å². The molecule has 5 nitrogen and oxygen atoms in total. The maximum absolute atomic E-state index is 12.0. The number of carbonyl (C=O) groups is 2. The van der Waals surface area contributed by atoms with Crippen molar-refractivity contribution < 1.29 is 14.3 Å². The second-order valence-corrected chi connectivity index (χ2v) is 6.39. The summed E-state index contributed by atoms with van der Waals surface area (Å²) < 4.78 is 5.32. The number of carbonyl (C=O) groups excluding carboxylic acids is 2. The van der Waals surface area contributed by atoms with E-state index in [1.165, 1.54) is 0 Å². The summed E-state index contributed by atoms with van der Waals surface area (Å²) in [5, 5.41) is 6.44. The van der Waals surface area contributed by atoms with Gasteiger partial charge in [0.25, 0.3) is 5.91 Å². The maximum atomic E-state index is 12.0. The van der Waals surface area contributed by atoms with Gasteiger partial charge in [-0.1, -0.05) is 23.2 Å². The van der Waals surface area contributed by atoms with E-state index in [-0.39, 0.29) is 18.4 Å². The van der Waals surface area contributed by atoms with Crippen molar-refractivity contribution in [3.05, 3.63) is 63.6 Å². The van der Waals surface area contributed by atoms with Crippen molar-refractivity contribution in [1.29, 1.82) is 0 Å². The number of hydrogen-bond acceptors (Lipinski definition) is 3. The highest BCUT2D eigenvalue weighted by Crippen LogP contribution is 2.19. The highest BCUT2D eigenvalue weighted by atomic mass is 35.5. The lowest BCUT2D eigenvalue weighted by molar-refractivity contribution is -0.120. The summed E-state index contributed by atoms with van der Waals surface area (Å²) >= 11 is 11.9. The van der Waals surface area contributed by atoms with E-state index < -0.39 is 0 Å². The van der Waals surface area contributed by atoms with E-state index >= 15 is 0 Å². The summed E-state index contributed by atoms with van der Waals surface area (Å²) in [5.41, 5.74) is 1.40. The molecule has 0 aliphatic heterocycles. The van der Waals surface area contributed by atoms with Crippen LogP contribution >= 0.6 is 23.2 Å². The van der Waals surface area contributed by atoms with Crippen LogP contribution in [-0.2, 0) is 11.2 Å². The SMILES string of the molecule is CCOc1ccc(C(=O)NCC(=O)NCCc2cc(Cl)cc(Cl)c2)cc1. The minimum atomic E-state index is -0.315. The molecule has 0 bridgehead atoms. The van der Waals surface area contributed by atoms with E-state index in [4.69, 9.17) is 27.9 Å².